The Bertz CT molecular complexity index is 1110. The van der Waals surface area contributed by atoms with E-state index >= 15 is 0 Å². The van der Waals surface area contributed by atoms with Gasteiger partial charge in [-0.05, 0) is 38.5 Å². The number of guanidine groups is 1. The Balaban J connectivity index is 1.43. The number of amides is 1. The molecule has 0 radical (unpaired) electrons. The van der Waals surface area contributed by atoms with Crippen LogP contribution in [-0.2, 0) is 18.4 Å². The first kappa shape index (κ1) is 21.5. The summed E-state index contributed by atoms with van der Waals surface area (Å²) in [6.07, 6.45) is 5.40. The van der Waals surface area contributed by atoms with Crippen LogP contribution in [-0.4, -0.2) is 67.5 Å². The van der Waals surface area contributed by atoms with Gasteiger partial charge in [0.25, 0.3) is 0 Å². The lowest BCUT2D eigenvalue weighted by molar-refractivity contribution is -0.120. The molecule has 3 aromatic rings. The molecule has 0 bridgehead atoms. The molecule has 1 aliphatic rings. The predicted molar refractivity (Wildman–Crippen MR) is 123 cm³/mol. The van der Waals surface area contributed by atoms with Crippen molar-refractivity contribution < 1.29 is 4.79 Å². The Morgan fingerprint density at radius 1 is 1.22 bits per heavy atom. The number of nitrogens with one attached hydrogen (secondary N) is 1. The fourth-order valence-corrected chi connectivity index (χ4v) is 3.76. The number of aliphatic imine (C=N–C) groups is 1. The van der Waals surface area contributed by atoms with E-state index in [4.69, 9.17) is 4.99 Å². The largest absolute Gasteiger partial charge is 0.356 e. The van der Waals surface area contributed by atoms with Crippen molar-refractivity contribution in [1.29, 1.82) is 0 Å². The lowest BCUT2D eigenvalue weighted by Crippen LogP contribution is -2.55. The second kappa shape index (κ2) is 9.21. The third kappa shape index (κ3) is 4.63. The van der Waals surface area contributed by atoms with Crippen LogP contribution in [0.4, 0.5) is 5.69 Å². The maximum absolute atomic E-state index is 12.7. The highest BCUT2D eigenvalue weighted by atomic mass is 16.2. The molecule has 0 aliphatic carbocycles. The van der Waals surface area contributed by atoms with Gasteiger partial charge in [0.1, 0.15) is 6.54 Å². The number of anilines is 1. The summed E-state index contributed by atoms with van der Waals surface area (Å²) in [6, 6.07) is 5.99. The maximum atomic E-state index is 12.7. The van der Waals surface area contributed by atoms with Crippen LogP contribution in [0.25, 0.3) is 5.82 Å². The average molecular weight is 436 g/mol. The van der Waals surface area contributed by atoms with Crippen molar-refractivity contribution in [3.63, 3.8) is 0 Å². The molecule has 1 amide bonds. The number of hydrogen-bond donors (Lipinski definition) is 1. The van der Waals surface area contributed by atoms with Crippen molar-refractivity contribution >= 4 is 17.6 Å². The van der Waals surface area contributed by atoms with E-state index in [-0.39, 0.29) is 12.5 Å². The molecule has 0 atom stereocenters. The molecule has 1 N–H and O–H groups in total. The maximum Gasteiger partial charge on any atom is 0.246 e. The molecular weight excluding hydrogens is 406 g/mol. The van der Waals surface area contributed by atoms with Gasteiger partial charge in [0.2, 0.25) is 5.91 Å². The molecule has 0 saturated carbocycles. The molecule has 168 valence electrons. The summed E-state index contributed by atoms with van der Waals surface area (Å²) in [7, 11) is 1.85. The number of hydrogen-bond acceptors (Lipinski definition) is 5. The monoisotopic (exact) mass is 435 g/mol. The second-order valence-corrected chi connectivity index (χ2v) is 7.87. The number of piperazine rings is 1. The van der Waals surface area contributed by atoms with Crippen molar-refractivity contribution in [3.05, 3.63) is 53.7 Å². The first-order chi connectivity index (χ1) is 15.4. The number of carbonyl (C=O) groups is 1. The summed E-state index contributed by atoms with van der Waals surface area (Å²) in [6.45, 7) is 8.77. The third-order valence-electron chi connectivity index (χ3n) is 5.31. The second-order valence-electron chi connectivity index (χ2n) is 7.87. The van der Waals surface area contributed by atoms with Crippen LogP contribution in [0.1, 0.15) is 23.9 Å². The van der Waals surface area contributed by atoms with Gasteiger partial charge in [0, 0.05) is 44.8 Å². The molecule has 1 saturated heterocycles. The van der Waals surface area contributed by atoms with Gasteiger partial charge < -0.3 is 15.1 Å². The van der Waals surface area contributed by atoms with E-state index in [0.717, 1.165) is 41.0 Å². The number of nitrogens with zero attached hydrogens (tertiary/aromatic N) is 8. The Morgan fingerprint density at radius 3 is 2.66 bits per heavy atom. The minimum Gasteiger partial charge on any atom is -0.356 e. The number of aryl methyl sites for hydroxylation is 3. The summed E-state index contributed by atoms with van der Waals surface area (Å²) in [4.78, 5) is 25.8. The predicted octanol–water partition coefficient (Wildman–Crippen LogP) is 1.43. The first-order valence-corrected chi connectivity index (χ1v) is 10.8. The van der Waals surface area contributed by atoms with Gasteiger partial charge in [-0.15, -0.1) is 0 Å². The zero-order valence-electron chi connectivity index (χ0n) is 19.0. The standard InChI is InChI=1S/C22H29N9O/c1-5-23-22(29-8-9-30(21(32)15-29)19-13-26-28(4)14-19)25-12-18-6-7-20(24-11-18)31-17(3)10-16(2)27-31/h6-7,10-11,13-14H,5,8-9,12,15H2,1-4H3,(H,23,25). The van der Waals surface area contributed by atoms with Gasteiger partial charge in [0.05, 0.1) is 24.1 Å². The van der Waals surface area contributed by atoms with E-state index in [2.05, 4.69) is 20.5 Å². The van der Waals surface area contributed by atoms with Gasteiger partial charge in [0.15, 0.2) is 11.8 Å². The number of pyridine rings is 1. The fourth-order valence-electron chi connectivity index (χ4n) is 3.76. The van der Waals surface area contributed by atoms with Crippen molar-refractivity contribution in [2.75, 3.05) is 31.1 Å². The lowest BCUT2D eigenvalue weighted by atomic mass is 10.2. The zero-order valence-corrected chi connectivity index (χ0v) is 19.0. The van der Waals surface area contributed by atoms with Gasteiger partial charge >= 0.3 is 0 Å². The van der Waals surface area contributed by atoms with Gasteiger partial charge in [-0.3, -0.25) is 9.48 Å². The number of aromatic nitrogens is 5. The lowest BCUT2D eigenvalue weighted by Gasteiger charge is -2.35. The molecule has 10 nitrogen and oxygen atoms in total. The van der Waals surface area contributed by atoms with E-state index < -0.39 is 0 Å². The fraction of sp³-hybridized carbons (Fsp3) is 0.409. The topological polar surface area (TPSA) is 96.5 Å². The van der Waals surface area contributed by atoms with Crippen molar-refractivity contribution in [2.45, 2.75) is 27.3 Å². The van der Waals surface area contributed by atoms with Crippen LogP contribution < -0.4 is 10.2 Å². The molecule has 0 aromatic carbocycles. The zero-order chi connectivity index (χ0) is 22.7. The highest BCUT2D eigenvalue weighted by molar-refractivity contribution is 5.98. The molecule has 4 heterocycles. The minimum atomic E-state index is 0.0331. The Labute approximate surface area is 187 Å². The van der Waals surface area contributed by atoms with Gasteiger partial charge in [-0.25, -0.2) is 14.7 Å². The van der Waals surface area contributed by atoms with E-state index in [1.165, 1.54) is 0 Å². The van der Waals surface area contributed by atoms with Gasteiger partial charge in [-0.1, -0.05) is 6.07 Å². The van der Waals surface area contributed by atoms with E-state index in [1.807, 2.05) is 68.0 Å². The third-order valence-corrected chi connectivity index (χ3v) is 5.31. The van der Waals surface area contributed by atoms with Crippen LogP contribution in [0, 0.1) is 13.8 Å². The van der Waals surface area contributed by atoms with E-state index in [0.29, 0.717) is 19.6 Å². The molecule has 1 fully saturated rings. The molecular formula is C22H29N9O. The molecule has 4 rings (SSSR count). The summed E-state index contributed by atoms with van der Waals surface area (Å²) in [5.74, 6) is 1.55. The van der Waals surface area contributed by atoms with Crippen LogP contribution in [0.2, 0.25) is 0 Å². The summed E-state index contributed by atoms with van der Waals surface area (Å²) < 4.78 is 3.54. The Hall–Kier alpha value is -3.69. The number of rotatable bonds is 5. The molecule has 10 heteroatoms. The molecule has 3 aromatic heterocycles. The van der Waals surface area contributed by atoms with Crippen LogP contribution >= 0.6 is 0 Å². The summed E-state index contributed by atoms with van der Waals surface area (Å²) >= 11 is 0. The summed E-state index contributed by atoms with van der Waals surface area (Å²) in [5.41, 5.74) is 3.83. The molecule has 1 aliphatic heterocycles. The highest BCUT2D eigenvalue weighted by Crippen LogP contribution is 2.16. The van der Waals surface area contributed by atoms with Crippen LogP contribution in [0.15, 0.2) is 41.8 Å². The smallest absolute Gasteiger partial charge is 0.246 e. The Kier molecular flexibility index (Phi) is 6.20. The van der Waals surface area contributed by atoms with Crippen LogP contribution in [0.3, 0.4) is 0 Å². The quantitative estimate of drug-likeness (QED) is 0.481. The molecule has 32 heavy (non-hydrogen) atoms. The van der Waals surface area contributed by atoms with Crippen molar-refractivity contribution in [3.8, 4) is 5.82 Å². The Morgan fingerprint density at radius 2 is 2.06 bits per heavy atom. The minimum absolute atomic E-state index is 0.0331. The first-order valence-electron chi connectivity index (χ1n) is 10.8. The number of carbonyl (C=O) groups excluding carboxylic acids is 1. The van der Waals surface area contributed by atoms with E-state index in [9.17, 15) is 4.79 Å². The van der Waals surface area contributed by atoms with Crippen molar-refractivity contribution in [1.82, 2.24) is 34.8 Å². The SMILES string of the molecule is CCNC(=NCc1ccc(-n2nc(C)cc2C)nc1)N1CCN(c2cnn(C)c2)C(=O)C1. The average Bonchev–Trinajstić information content (AvgIpc) is 3.35. The van der Waals surface area contributed by atoms with Crippen molar-refractivity contribution in [2.24, 2.45) is 12.0 Å². The molecule has 0 spiro atoms. The van der Waals surface area contributed by atoms with E-state index in [1.54, 1.807) is 15.8 Å². The van der Waals surface area contributed by atoms with Crippen LogP contribution in [0.5, 0.6) is 0 Å². The normalized spacial score (nSPS) is 14.9. The highest BCUT2D eigenvalue weighted by Gasteiger charge is 2.27. The van der Waals surface area contributed by atoms with Gasteiger partial charge in [-0.2, -0.15) is 10.2 Å². The molecule has 0 unspecified atom stereocenters. The summed E-state index contributed by atoms with van der Waals surface area (Å²) in [5, 5.41) is 11.9.